The van der Waals surface area contributed by atoms with Crippen LogP contribution >= 0.6 is 23.2 Å². The molecule has 588 valence electrons. The first-order valence-electron chi connectivity index (χ1n) is 36.2. The fourth-order valence-corrected chi connectivity index (χ4v) is 17.6. The lowest BCUT2D eigenvalue weighted by atomic mass is 9.84. The maximum atomic E-state index is 12.5. The molecule has 5 aliphatic rings. The number of nitrogens with one attached hydrogen (secondary N) is 7. The zero-order valence-electron chi connectivity index (χ0n) is 62.2. The number of alkyl carbamates (subject to hydrolysis) is 1. The van der Waals surface area contributed by atoms with Gasteiger partial charge in [0.05, 0.1) is 89.6 Å². The van der Waals surface area contributed by atoms with E-state index in [1.165, 1.54) is 61.9 Å². The van der Waals surface area contributed by atoms with E-state index in [9.17, 15) is 48.0 Å². The molecule has 10 heterocycles. The van der Waals surface area contributed by atoms with Gasteiger partial charge in [0, 0.05) is 145 Å². The standard InChI is InChI=1S/C17H23N3O.C16H23N3O2S.C15H17ClN4O2.C14H12ClN3O2S.C13H15F3N4O3S/c1-11(2)14-8-15(16-10-18-19-17(16)9-14)13-4-6-20(7-5-13)12(3)21;1-11(2)13-8-14(15-10-17-18-16(15)9-13)12-4-6-19(7-5-12)22(3,20)21;16-10-7-12-11(9-17-19-12)13(8-10)20-4-1-15(2-5-20)3-6-22-14(21)18-15;1-21(19,20)18-11-4-2-9(3-5-11)12-6-10(15)7-14-13(12)8-16-17-14;1-24(21,22)20-4-2-19(3-5-20)12-7-9(23-13(14,15)16)6-11-10(12)8-17-18-11/h8-11,13H,4-7H2,1-3H3,(H,18,19);8-12H,4-7H2,1-3H3,(H,17,18);7-9H,1-6H2,(H,17,19)(H,18,21);2-8,18H,1H3,(H,16,17);6-8H,2-5H2,1H3,(H,17,18). The maximum Gasteiger partial charge on any atom is 0.573 e. The summed E-state index contributed by atoms with van der Waals surface area (Å²) < 4.78 is 121. The van der Waals surface area contributed by atoms with Crippen LogP contribution in [0.4, 0.5) is 35.0 Å². The van der Waals surface area contributed by atoms with Gasteiger partial charge in [-0.2, -0.15) is 29.8 Å². The van der Waals surface area contributed by atoms with Crippen LogP contribution in [0.1, 0.15) is 125 Å². The molecule has 5 saturated heterocycles. The van der Waals surface area contributed by atoms with Gasteiger partial charge in [-0.3, -0.25) is 35.0 Å². The largest absolute Gasteiger partial charge is 0.573 e. The first-order chi connectivity index (χ1) is 52.1. The number of H-pyrrole nitrogens is 5. The number of ether oxygens (including phenoxy) is 2. The molecule has 0 atom stereocenters. The minimum absolute atomic E-state index is 0.111. The number of piperidine rings is 3. The van der Waals surface area contributed by atoms with Crippen molar-refractivity contribution >= 4 is 137 Å². The lowest BCUT2D eigenvalue weighted by Gasteiger charge is -2.44. The minimum atomic E-state index is -4.79. The molecule has 110 heavy (non-hydrogen) atoms. The molecule has 0 saturated carbocycles. The molecule has 35 heteroatoms. The highest BCUT2D eigenvalue weighted by Gasteiger charge is 2.40. The second-order valence-electron chi connectivity index (χ2n) is 29.1. The van der Waals surface area contributed by atoms with Gasteiger partial charge in [0.15, 0.2) is 0 Å². The average molecular weight is 1610 g/mol. The predicted octanol–water partition coefficient (Wildman–Crippen LogP) is 13.7. The Kier molecular flexibility index (Phi) is 24.3. The number of benzene rings is 6. The van der Waals surface area contributed by atoms with E-state index in [4.69, 9.17) is 27.9 Å². The topological polar surface area (TPSA) is 339 Å². The van der Waals surface area contributed by atoms with Crippen LogP contribution in [-0.4, -0.2) is 204 Å². The number of aromatic amines is 5. The van der Waals surface area contributed by atoms with Crippen molar-refractivity contribution in [3.8, 4) is 16.9 Å². The third kappa shape index (κ3) is 19.7. The number of hydrogen-bond donors (Lipinski definition) is 7. The Morgan fingerprint density at radius 2 is 0.991 bits per heavy atom. The Morgan fingerprint density at radius 1 is 0.555 bits per heavy atom. The molecule has 27 nitrogen and oxygen atoms in total. The van der Waals surface area contributed by atoms with E-state index < -0.39 is 36.4 Å². The summed E-state index contributed by atoms with van der Waals surface area (Å²) >= 11 is 12.3. The van der Waals surface area contributed by atoms with E-state index in [-0.39, 0.29) is 36.4 Å². The van der Waals surface area contributed by atoms with Crippen molar-refractivity contribution in [2.24, 2.45) is 0 Å². The number of alkyl halides is 3. The van der Waals surface area contributed by atoms with Gasteiger partial charge in [-0.05, 0) is 144 Å². The van der Waals surface area contributed by atoms with Gasteiger partial charge in [0.2, 0.25) is 36.0 Å². The molecule has 6 aromatic carbocycles. The number of anilines is 3. The number of nitrogens with zero attached hydrogens (tertiary/aromatic N) is 10. The van der Waals surface area contributed by atoms with Gasteiger partial charge in [0.25, 0.3) is 0 Å². The lowest BCUT2D eigenvalue weighted by Crippen LogP contribution is -2.58. The third-order valence-electron chi connectivity index (χ3n) is 20.9. The van der Waals surface area contributed by atoms with Gasteiger partial charge in [-0.15, -0.1) is 13.2 Å². The number of halogens is 5. The first kappa shape index (κ1) is 80.3. The van der Waals surface area contributed by atoms with Crippen LogP contribution in [-0.2, 0) is 39.6 Å². The van der Waals surface area contributed by atoms with E-state index in [1.807, 2.05) is 64.8 Å². The van der Waals surface area contributed by atoms with Gasteiger partial charge >= 0.3 is 12.5 Å². The summed E-state index contributed by atoms with van der Waals surface area (Å²) in [6, 6.07) is 26.2. The van der Waals surface area contributed by atoms with E-state index in [0.717, 1.165) is 133 Å². The average Bonchev–Trinajstić information content (AvgIpc) is 1.41. The molecule has 0 unspecified atom stereocenters. The number of carbonyl (C=O) groups excluding carboxylic acids is 2. The number of piperazine rings is 1. The summed E-state index contributed by atoms with van der Waals surface area (Å²) in [4.78, 5) is 29.1. The monoisotopic (exact) mass is 1610 g/mol. The molecule has 0 aliphatic carbocycles. The highest BCUT2D eigenvalue weighted by molar-refractivity contribution is 7.92. The van der Waals surface area contributed by atoms with Crippen LogP contribution in [0.15, 0.2) is 116 Å². The summed E-state index contributed by atoms with van der Waals surface area (Å²) in [6.07, 6.45) is 13.9. The number of likely N-dealkylation sites (tertiary alicyclic amines) is 1. The molecule has 7 N–H and O–H groups in total. The Bertz CT molecular complexity index is 5450. The zero-order chi connectivity index (χ0) is 78.6. The molecule has 16 rings (SSSR count). The van der Waals surface area contributed by atoms with Gasteiger partial charge < -0.3 is 29.5 Å². The molecule has 0 bridgehead atoms. The van der Waals surface area contributed by atoms with Crippen LogP contribution in [0, 0.1) is 0 Å². The van der Waals surface area contributed by atoms with E-state index in [0.29, 0.717) is 88.8 Å². The van der Waals surface area contributed by atoms with Crippen LogP contribution in [0.25, 0.3) is 65.6 Å². The number of rotatable bonds is 12. The smallest absolute Gasteiger partial charge is 0.449 e. The molecule has 5 aromatic heterocycles. The van der Waals surface area contributed by atoms with Gasteiger partial charge in [0.1, 0.15) is 5.75 Å². The van der Waals surface area contributed by atoms with Crippen LogP contribution in [0.5, 0.6) is 5.75 Å². The second-order valence-corrected chi connectivity index (χ2v) is 35.7. The number of cyclic esters (lactones) is 1. The number of aromatic nitrogens is 10. The van der Waals surface area contributed by atoms with Crippen molar-refractivity contribution in [2.75, 3.05) is 105 Å². The van der Waals surface area contributed by atoms with Crippen molar-refractivity contribution in [3.05, 3.63) is 148 Å². The summed E-state index contributed by atoms with van der Waals surface area (Å²) in [5.41, 5.74) is 13.7. The Morgan fingerprint density at radius 3 is 1.46 bits per heavy atom. The quantitative estimate of drug-likeness (QED) is 0.0597. The molecule has 11 aromatic rings. The Hall–Kier alpha value is -9.25. The molecule has 5 aliphatic heterocycles. The van der Waals surface area contributed by atoms with Crippen LogP contribution < -0.4 is 24.6 Å². The number of fused-ring (bicyclic) bond motifs is 5. The van der Waals surface area contributed by atoms with E-state index in [1.54, 1.807) is 29.6 Å². The van der Waals surface area contributed by atoms with Crippen LogP contribution in [0.3, 0.4) is 0 Å². The molecule has 1 spiro atoms. The summed E-state index contributed by atoms with van der Waals surface area (Å²) in [6.45, 7) is 16.9. The normalized spacial score (nSPS) is 17.1. The summed E-state index contributed by atoms with van der Waals surface area (Å²) in [7, 11) is -9.62. The Balaban J connectivity index is 0.000000128. The minimum Gasteiger partial charge on any atom is -0.449 e. The highest BCUT2D eigenvalue weighted by atomic mass is 35.5. The summed E-state index contributed by atoms with van der Waals surface area (Å²) in [5, 5.41) is 44.5. The maximum absolute atomic E-state index is 12.5. The number of hydrogen-bond acceptors (Lipinski definition) is 17. The fourth-order valence-electron chi connectivity index (χ4n) is 14.9. The number of carbonyl (C=O) groups is 2. The Labute approximate surface area is 645 Å². The van der Waals surface area contributed by atoms with Crippen LogP contribution in [0.2, 0.25) is 10.0 Å². The highest BCUT2D eigenvalue weighted by Crippen LogP contribution is 2.41. The van der Waals surface area contributed by atoms with Crippen molar-refractivity contribution in [1.29, 1.82) is 0 Å². The zero-order valence-corrected chi connectivity index (χ0v) is 66.1. The molecule has 0 radical (unpaired) electrons. The molecule has 5 fully saturated rings. The number of sulfonamides is 3. The first-order valence-corrected chi connectivity index (χ1v) is 42.6. The molecular weight excluding hydrogens is 1520 g/mol. The third-order valence-corrected chi connectivity index (χ3v) is 24.5. The SMILES string of the molecule is CC(=O)N1CCC(c2cc(C(C)C)cc3[nH]ncc23)CC1.CC(C)c1cc(C2CCN(S(C)(=O)=O)CC2)c2cn[nH]c2c1.CS(=O)(=O)N1CCN(c2cc(OC(F)(F)F)cc3[nH]ncc23)CC1.CS(=O)(=O)Nc1ccc(-c2cc(Cl)cc3[nH]ncc23)cc1.O=C1NC2(CCO1)CCN(c1cc(Cl)cc3[nH]ncc13)CC2. The fraction of sp³-hybridized carbons (Fsp3) is 0.427. The lowest BCUT2D eigenvalue weighted by molar-refractivity contribution is -0.274. The number of amides is 2. The van der Waals surface area contributed by atoms with Crippen molar-refractivity contribution < 1.29 is 57.5 Å². The molecular formula is C75H90Cl2F3N17O10S3. The molecule has 2 amide bonds. The van der Waals surface area contributed by atoms with Gasteiger partial charge in [-0.1, -0.05) is 75.2 Å². The van der Waals surface area contributed by atoms with Gasteiger partial charge in [-0.25, -0.2) is 34.4 Å². The van der Waals surface area contributed by atoms with Crippen molar-refractivity contribution in [1.82, 2.24) is 69.8 Å². The van der Waals surface area contributed by atoms with Crippen molar-refractivity contribution in [2.45, 2.75) is 115 Å². The van der Waals surface area contributed by atoms with E-state index in [2.05, 4.69) is 123 Å². The van der Waals surface area contributed by atoms with E-state index >= 15 is 0 Å². The summed E-state index contributed by atoms with van der Waals surface area (Å²) in [5.74, 6) is 1.74. The predicted molar refractivity (Wildman–Crippen MR) is 424 cm³/mol. The van der Waals surface area contributed by atoms with Crippen molar-refractivity contribution in [3.63, 3.8) is 0 Å². The second kappa shape index (κ2) is 33.4.